The zero-order valence-electron chi connectivity index (χ0n) is 15.8. The number of aromatic carboxylic acids is 1. The zero-order chi connectivity index (χ0) is 22.1. The van der Waals surface area contributed by atoms with E-state index in [1.54, 1.807) is 35.0 Å². The van der Waals surface area contributed by atoms with Crippen LogP contribution in [0.25, 0.3) is 11.8 Å². The highest BCUT2D eigenvalue weighted by atomic mass is 19.1. The normalized spacial score (nSPS) is 15.3. The molecule has 0 saturated carbocycles. The molecule has 1 fully saturated rings. The van der Waals surface area contributed by atoms with Crippen molar-refractivity contribution in [3.05, 3.63) is 89.5 Å². The van der Waals surface area contributed by atoms with Gasteiger partial charge in [-0.3, -0.25) is 14.9 Å². The number of benzene rings is 2. The van der Waals surface area contributed by atoms with Crippen LogP contribution in [0.2, 0.25) is 0 Å². The number of halogens is 1. The maximum atomic E-state index is 14.2. The Labute approximate surface area is 174 Å². The molecule has 1 aliphatic rings. The highest BCUT2D eigenvalue weighted by Gasteiger charge is 2.38. The standard InChI is InChI=1S/C22H14FN3O5/c23-17-8-1-2-9-18(17)26-20(28)16(19(27)24-22(26)31)12-15-7-4-10-25(15)14-6-3-5-13(11-14)21(29)30/h1-12H,(H,29,30)(H,24,27,31)/b16-12+. The van der Waals surface area contributed by atoms with Gasteiger partial charge in [0.2, 0.25) is 0 Å². The number of amides is 4. The Hall–Kier alpha value is -4.53. The van der Waals surface area contributed by atoms with E-state index in [2.05, 4.69) is 0 Å². The van der Waals surface area contributed by atoms with E-state index in [0.29, 0.717) is 16.3 Å². The Morgan fingerprint density at radius 2 is 1.77 bits per heavy atom. The van der Waals surface area contributed by atoms with Crippen LogP contribution in [0, 0.1) is 5.82 Å². The number of carbonyl (C=O) groups excluding carboxylic acids is 3. The lowest BCUT2D eigenvalue weighted by Crippen LogP contribution is -2.54. The molecule has 0 aliphatic carbocycles. The van der Waals surface area contributed by atoms with Crippen LogP contribution in [0.1, 0.15) is 16.1 Å². The molecule has 0 spiro atoms. The summed E-state index contributed by atoms with van der Waals surface area (Å²) in [5.74, 6) is -3.80. The smallest absolute Gasteiger partial charge is 0.336 e. The average molecular weight is 419 g/mol. The fourth-order valence-electron chi connectivity index (χ4n) is 3.19. The summed E-state index contributed by atoms with van der Waals surface area (Å²) in [6.07, 6.45) is 2.88. The quantitative estimate of drug-likeness (QED) is 0.499. The Balaban J connectivity index is 1.77. The summed E-state index contributed by atoms with van der Waals surface area (Å²) >= 11 is 0. The number of imide groups is 2. The lowest BCUT2D eigenvalue weighted by Gasteiger charge is -2.26. The summed E-state index contributed by atoms with van der Waals surface area (Å²) in [6.45, 7) is 0. The molecule has 9 heteroatoms. The van der Waals surface area contributed by atoms with Gasteiger partial charge in [-0.15, -0.1) is 0 Å². The van der Waals surface area contributed by atoms with Crippen LogP contribution in [0.3, 0.4) is 0 Å². The highest BCUT2D eigenvalue weighted by molar-refractivity contribution is 6.39. The molecular formula is C22H14FN3O5. The number of nitrogens with zero attached hydrogens (tertiary/aromatic N) is 2. The number of carboxylic acids is 1. The van der Waals surface area contributed by atoms with Crippen LogP contribution in [0.15, 0.2) is 72.4 Å². The fourth-order valence-corrected chi connectivity index (χ4v) is 3.19. The molecule has 0 atom stereocenters. The van der Waals surface area contributed by atoms with Crippen LogP contribution < -0.4 is 10.2 Å². The number of nitrogens with one attached hydrogen (secondary N) is 1. The van der Waals surface area contributed by atoms with Gasteiger partial charge in [-0.2, -0.15) is 0 Å². The third kappa shape index (κ3) is 3.60. The number of aromatic nitrogens is 1. The van der Waals surface area contributed by atoms with E-state index in [-0.39, 0.29) is 16.8 Å². The number of carbonyl (C=O) groups is 4. The van der Waals surface area contributed by atoms with Crippen molar-refractivity contribution >= 4 is 35.6 Å². The molecule has 4 amide bonds. The van der Waals surface area contributed by atoms with Gasteiger partial charge >= 0.3 is 12.0 Å². The largest absolute Gasteiger partial charge is 0.478 e. The molecule has 0 radical (unpaired) electrons. The van der Waals surface area contributed by atoms with Gasteiger partial charge in [-0.05, 0) is 48.5 Å². The summed E-state index contributed by atoms with van der Waals surface area (Å²) in [5.41, 5.74) is 0.268. The van der Waals surface area contributed by atoms with E-state index in [1.807, 2.05) is 5.32 Å². The predicted octanol–water partition coefficient (Wildman–Crippen LogP) is 2.98. The minimum Gasteiger partial charge on any atom is -0.478 e. The van der Waals surface area contributed by atoms with Crippen LogP contribution >= 0.6 is 0 Å². The van der Waals surface area contributed by atoms with Crippen molar-refractivity contribution in [1.82, 2.24) is 9.88 Å². The Morgan fingerprint density at radius 1 is 1.00 bits per heavy atom. The Kier molecular flexibility index (Phi) is 4.92. The van der Waals surface area contributed by atoms with Gasteiger partial charge in [-0.1, -0.05) is 18.2 Å². The van der Waals surface area contributed by atoms with E-state index < -0.39 is 29.6 Å². The third-order valence-corrected chi connectivity index (χ3v) is 4.64. The summed E-state index contributed by atoms with van der Waals surface area (Å²) in [5, 5.41) is 11.2. The minimum atomic E-state index is -1.10. The van der Waals surface area contributed by atoms with Crippen molar-refractivity contribution in [3.63, 3.8) is 0 Å². The first kappa shape index (κ1) is 19.8. The second-order valence-electron chi connectivity index (χ2n) is 6.57. The molecular weight excluding hydrogens is 405 g/mol. The molecule has 1 saturated heterocycles. The third-order valence-electron chi connectivity index (χ3n) is 4.64. The van der Waals surface area contributed by atoms with E-state index in [1.165, 1.54) is 36.4 Å². The predicted molar refractivity (Wildman–Crippen MR) is 108 cm³/mol. The number of rotatable bonds is 4. The molecule has 0 bridgehead atoms. The minimum absolute atomic E-state index is 0.0626. The topological polar surface area (TPSA) is 109 Å². The monoisotopic (exact) mass is 419 g/mol. The molecule has 2 N–H and O–H groups in total. The number of hydrogen-bond donors (Lipinski definition) is 2. The lowest BCUT2D eigenvalue weighted by atomic mass is 10.1. The Morgan fingerprint density at radius 3 is 2.52 bits per heavy atom. The van der Waals surface area contributed by atoms with Crippen molar-refractivity contribution in [1.29, 1.82) is 0 Å². The van der Waals surface area contributed by atoms with Gasteiger partial charge in [0.15, 0.2) is 0 Å². The maximum Gasteiger partial charge on any atom is 0.336 e. The maximum absolute atomic E-state index is 14.2. The number of carboxylic acid groups (broad SMARTS) is 1. The summed E-state index contributed by atoms with van der Waals surface area (Å²) in [4.78, 5) is 49.3. The van der Waals surface area contributed by atoms with E-state index in [0.717, 1.165) is 6.07 Å². The second kappa shape index (κ2) is 7.71. The van der Waals surface area contributed by atoms with Crippen molar-refractivity contribution in [3.8, 4) is 5.69 Å². The highest BCUT2D eigenvalue weighted by Crippen LogP contribution is 2.25. The average Bonchev–Trinajstić information content (AvgIpc) is 3.21. The van der Waals surface area contributed by atoms with Crippen LogP contribution in [0.5, 0.6) is 0 Å². The summed E-state index contributed by atoms with van der Waals surface area (Å²) in [7, 11) is 0. The van der Waals surface area contributed by atoms with Gasteiger partial charge in [-0.25, -0.2) is 18.9 Å². The molecule has 1 aromatic heterocycles. The van der Waals surface area contributed by atoms with Crippen molar-refractivity contribution in [2.75, 3.05) is 4.90 Å². The molecule has 31 heavy (non-hydrogen) atoms. The molecule has 8 nitrogen and oxygen atoms in total. The number of anilines is 1. The van der Waals surface area contributed by atoms with Gasteiger partial charge in [0.1, 0.15) is 11.4 Å². The van der Waals surface area contributed by atoms with Gasteiger partial charge in [0.05, 0.1) is 11.3 Å². The first-order valence-electron chi connectivity index (χ1n) is 9.04. The van der Waals surface area contributed by atoms with Crippen molar-refractivity contribution in [2.45, 2.75) is 0 Å². The van der Waals surface area contributed by atoms with Crippen LogP contribution in [0.4, 0.5) is 14.9 Å². The summed E-state index contributed by atoms with van der Waals surface area (Å²) < 4.78 is 15.8. The van der Waals surface area contributed by atoms with Gasteiger partial charge < -0.3 is 9.67 Å². The van der Waals surface area contributed by atoms with Gasteiger partial charge in [0, 0.05) is 17.6 Å². The fraction of sp³-hybridized carbons (Fsp3) is 0. The zero-order valence-corrected chi connectivity index (χ0v) is 15.8. The molecule has 2 heterocycles. The molecule has 1 aliphatic heterocycles. The number of barbiturate groups is 1. The Bertz CT molecular complexity index is 1280. The number of hydrogen-bond acceptors (Lipinski definition) is 4. The van der Waals surface area contributed by atoms with E-state index >= 15 is 0 Å². The molecule has 0 unspecified atom stereocenters. The number of para-hydroxylation sites is 1. The molecule has 154 valence electrons. The van der Waals surface area contributed by atoms with Crippen LogP contribution in [-0.2, 0) is 9.59 Å². The first-order valence-corrected chi connectivity index (χ1v) is 9.04. The first-order chi connectivity index (χ1) is 14.9. The molecule has 4 rings (SSSR count). The number of urea groups is 1. The SMILES string of the molecule is O=C1NC(=O)N(c2ccccc2F)C(=O)/C1=C/c1cccn1-c1cccc(C(=O)O)c1. The van der Waals surface area contributed by atoms with E-state index in [9.17, 15) is 28.7 Å². The van der Waals surface area contributed by atoms with Crippen LogP contribution in [-0.4, -0.2) is 33.5 Å². The van der Waals surface area contributed by atoms with Gasteiger partial charge in [0.25, 0.3) is 11.8 Å². The second-order valence-corrected chi connectivity index (χ2v) is 6.57. The molecule has 3 aromatic rings. The van der Waals surface area contributed by atoms with E-state index in [4.69, 9.17) is 0 Å². The molecule has 2 aromatic carbocycles. The summed E-state index contributed by atoms with van der Waals surface area (Å²) in [6, 6.07) is 13.5. The lowest BCUT2D eigenvalue weighted by molar-refractivity contribution is -0.122. The van der Waals surface area contributed by atoms with Crippen molar-refractivity contribution in [2.24, 2.45) is 0 Å². The van der Waals surface area contributed by atoms with Crippen molar-refractivity contribution < 1.29 is 28.7 Å².